The molecule has 0 radical (unpaired) electrons. The molecule has 0 saturated carbocycles. The van der Waals surface area contributed by atoms with Gasteiger partial charge in [0.2, 0.25) is 0 Å². The monoisotopic (exact) mass is 584 g/mol. The molecule has 0 unspecified atom stereocenters. The number of halogens is 12. The molecule has 15 heavy (non-hydrogen) atoms. The number of hydrogen-bond donors (Lipinski definition) is 0. The Morgan fingerprint density at radius 3 is 0.333 bits per heavy atom. The zero-order chi connectivity index (χ0) is 12.8. The minimum atomic E-state index is -11.2. The van der Waals surface area contributed by atoms with E-state index in [2.05, 4.69) is 0 Å². The maximum absolute atomic E-state index is 11.2. The molecule has 0 rings (SSSR count). The number of rotatable bonds is 0. The van der Waals surface area contributed by atoms with Gasteiger partial charge in [0.05, 0.1) is 0 Å². The standard InChI is InChI=1S/Cd.12FH.2Sb/h;12*1H;;/q+2;;;;;;;;;;;;;2*+5/p-12. The van der Waals surface area contributed by atoms with Gasteiger partial charge in [-0.25, -0.2) is 0 Å². The topological polar surface area (TPSA) is 0 Å². The van der Waals surface area contributed by atoms with E-state index in [1.165, 1.54) is 0 Å². The molecule has 0 fully saturated rings. The molecule has 0 aromatic heterocycles. The molecule has 0 N–H and O–H groups in total. The number of hydrogen-bond acceptors (Lipinski definition) is 0. The summed E-state index contributed by atoms with van der Waals surface area (Å²) in [5.74, 6) is 0. The summed E-state index contributed by atoms with van der Waals surface area (Å²) in [5.41, 5.74) is 0. The molecule has 0 atom stereocenters. The van der Waals surface area contributed by atoms with Crippen molar-refractivity contribution >= 4 is 39.0 Å². The van der Waals surface area contributed by atoms with Crippen molar-refractivity contribution in [3.05, 3.63) is 0 Å². The first-order valence-corrected chi connectivity index (χ1v) is 13.6. The van der Waals surface area contributed by atoms with Crippen molar-refractivity contribution in [3.63, 3.8) is 0 Å². The van der Waals surface area contributed by atoms with Crippen molar-refractivity contribution in [2.75, 3.05) is 0 Å². The van der Waals surface area contributed by atoms with Crippen LogP contribution in [0.25, 0.3) is 0 Å². The second-order valence-electron chi connectivity index (χ2n) is 1.92. The van der Waals surface area contributed by atoms with Crippen LogP contribution in [0, 0.1) is 0 Å². The van der Waals surface area contributed by atoms with Crippen molar-refractivity contribution in [1.29, 1.82) is 0 Å². The molecule has 0 aliphatic carbocycles. The van der Waals surface area contributed by atoms with E-state index in [-0.39, 0.29) is 27.3 Å². The molecule has 96 valence electrons. The first kappa shape index (κ1) is 21.9. The van der Waals surface area contributed by atoms with Gasteiger partial charge in [0.25, 0.3) is 0 Å². The van der Waals surface area contributed by atoms with E-state index in [1.54, 1.807) is 0 Å². The van der Waals surface area contributed by atoms with Gasteiger partial charge in [0.15, 0.2) is 0 Å². The summed E-state index contributed by atoms with van der Waals surface area (Å²) in [5, 5.41) is 0. The van der Waals surface area contributed by atoms with Gasteiger partial charge in [-0.2, -0.15) is 0 Å². The zero-order valence-electron chi connectivity index (χ0n) is 6.14. The van der Waals surface area contributed by atoms with Crippen LogP contribution in [0.15, 0.2) is 0 Å². The van der Waals surface area contributed by atoms with Crippen LogP contribution in [0.3, 0.4) is 0 Å². The van der Waals surface area contributed by atoms with Crippen molar-refractivity contribution in [3.8, 4) is 0 Å². The molecular weight excluding hydrogens is 584 g/mol. The van der Waals surface area contributed by atoms with E-state index >= 15 is 0 Å². The Morgan fingerprint density at radius 1 is 0.333 bits per heavy atom. The molecule has 0 amide bonds. The SMILES string of the molecule is [Cd+2].[F][Sb-]([F])([F])([F])([F])[F].[F][Sb-]([F])([F])([F])([F])[F]. The summed E-state index contributed by atoms with van der Waals surface area (Å²) in [6.07, 6.45) is 0. The first-order valence-electron chi connectivity index (χ1n) is 2.03. The van der Waals surface area contributed by atoms with Crippen LogP contribution in [-0.2, 0) is 27.3 Å². The molecule has 0 saturated heterocycles. The van der Waals surface area contributed by atoms with Crippen LogP contribution in [0.1, 0.15) is 0 Å². The third-order valence-electron chi connectivity index (χ3n) is 0. The van der Waals surface area contributed by atoms with E-state index in [4.69, 9.17) is 0 Å². The Balaban J connectivity index is -0.000000180. The van der Waals surface area contributed by atoms with Gasteiger partial charge in [-0.05, 0) is 0 Å². The molecule has 0 aromatic carbocycles. The molecular formula is CdF12Sb2. The molecule has 0 spiro atoms. The molecule has 15 heteroatoms. The quantitative estimate of drug-likeness (QED) is 0.295. The van der Waals surface area contributed by atoms with Gasteiger partial charge in [0.1, 0.15) is 0 Å². The predicted molar refractivity (Wildman–Crippen MR) is 24.8 cm³/mol. The Kier molecular flexibility index (Phi) is 4.95. The zero-order valence-corrected chi connectivity index (χ0v) is 15.3. The molecule has 0 aliphatic rings. The van der Waals surface area contributed by atoms with Crippen LogP contribution in [-0.4, -0.2) is 39.0 Å². The van der Waals surface area contributed by atoms with E-state index in [0.29, 0.717) is 0 Å². The predicted octanol–water partition coefficient (Wildman–Crippen LogP) is 4.28. The maximum atomic E-state index is 9.93. The fourth-order valence-corrected chi connectivity index (χ4v) is 0. The average Bonchev–Trinajstić information content (AvgIpc) is 0.938. The third-order valence-corrected chi connectivity index (χ3v) is 0. The Hall–Kier alpha value is 1.72. The summed E-state index contributed by atoms with van der Waals surface area (Å²) >= 11 is -22.5. The summed E-state index contributed by atoms with van der Waals surface area (Å²) in [4.78, 5) is 0. The van der Waals surface area contributed by atoms with Crippen molar-refractivity contribution in [2.24, 2.45) is 0 Å². The fraction of sp³-hybridized carbons (Fsp3) is 0. The minimum absolute atomic E-state index is 0. The van der Waals surface area contributed by atoms with Gasteiger partial charge < -0.3 is 0 Å². The van der Waals surface area contributed by atoms with E-state index < -0.39 is 39.0 Å². The summed E-state index contributed by atoms with van der Waals surface area (Å²) < 4.78 is 119. The van der Waals surface area contributed by atoms with Gasteiger partial charge in [-0.3, -0.25) is 0 Å². The van der Waals surface area contributed by atoms with E-state index in [1.807, 2.05) is 0 Å². The molecule has 0 aromatic rings. The van der Waals surface area contributed by atoms with Crippen LogP contribution in [0.5, 0.6) is 0 Å². The van der Waals surface area contributed by atoms with Crippen molar-refractivity contribution in [2.45, 2.75) is 0 Å². The van der Waals surface area contributed by atoms with Gasteiger partial charge >= 0.3 is 100 Å². The Morgan fingerprint density at radius 2 is 0.333 bits per heavy atom. The van der Waals surface area contributed by atoms with Crippen LogP contribution in [0.2, 0.25) is 0 Å². The summed E-state index contributed by atoms with van der Waals surface area (Å²) in [6.45, 7) is 0. The van der Waals surface area contributed by atoms with E-state index in [0.717, 1.165) is 0 Å². The average molecular weight is 584 g/mol. The van der Waals surface area contributed by atoms with Gasteiger partial charge in [-0.1, -0.05) is 0 Å². The molecule has 0 bridgehead atoms. The summed E-state index contributed by atoms with van der Waals surface area (Å²) in [7, 11) is 0. The Labute approximate surface area is 98.9 Å². The first-order chi connectivity index (χ1) is 4.90. The van der Waals surface area contributed by atoms with Crippen molar-refractivity contribution < 1.29 is 61.1 Å². The normalized spacial score (nSPS) is 21.6. The molecule has 0 nitrogen and oxygen atoms in total. The van der Waals surface area contributed by atoms with Crippen LogP contribution < -0.4 is 0 Å². The third kappa shape index (κ3) is 1000. The van der Waals surface area contributed by atoms with Crippen molar-refractivity contribution in [1.82, 2.24) is 0 Å². The Bertz CT molecular complexity index is 161. The van der Waals surface area contributed by atoms with Gasteiger partial charge in [0, 0.05) is 0 Å². The summed E-state index contributed by atoms with van der Waals surface area (Å²) in [6, 6.07) is 0. The van der Waals surface area contributed by atoms with Crippen LogP contribution >= 0.6 is 0 Å². The van der Waals surface area contributed by atoms with E-state index in [9.17, 15) is 33.8 Å². The molecule has 0 heterocycles. The fourth-order valence-electron chi connectivity index (χ4n) is 0. The second kappa shape index (κ2) is 3.38. The molecule has 0 aliphatic heterocycles. The van der Waals surface area contributed by atoms with Crippen LogP contribution in [0.4, 0.5) is 33.8 Å². The second-order valence-corrected chi connectivity index (χ2v) is 12.9. The van der Waals surface area contributed by atoms with Gasteiger partial charge in [-0.15, -0.1) is 0 Å².